The van der Waals surface area contributed by atoms with Crippen LogP contribution in [-0.2, 0) is 21.5 Å². The van der Waals surface area contributed by atoms with E-state index in [2.05, 4.69) is 36.1 Å². The summed E-state index contributed by atoms with van der Waals surface area (Å²) in [5.41, 5.74) is 2.36. The third kappa shape index (κ3) is 3.65. The molecule has 7 nitrogen and oxygen atoms in total. The van der Waals surface area contributed by atoms with Gasteiger partial charge < -0.3 is 19.6 Å². The third-order valence-electron chi connectivity index (χ3n) is 4.97. The van der Waals surface area contributed by atoms with Gasteiger partial charge in [0, 0.05) is 24.1 Å². The first-order valence-electron chi connectivity index (χ1n) is 9.41. The maximum atomic E-state index is 12.7. The Labute approximate surface area is 163 Å². The maximum absolute atomic E-state index is 12.7. The van der Waals surface area contributed by atoms with E-state index in [1.54, 1.807) is 17.2 Å². The van der Waals surface area contributed by atoms with Crippen LogP contribution in [0.4, 0.5) is 5.69 Å². The van der Waals surface area contributed by atoms with E-state index in [0.717, 1.165) is 16.9 Å². The minimum atomic E-state index is -0.370. The number of hydrogen-bond acceptors (Lipinski definition) is 4. The smallest absolute Gasteiger partial charge is 0.229 e. The molecule has 1 atom stereocenters. The van der Waals surface area contributed by atoms with Gasteiger partial charge in [-0.05, 0) is 30.3 Å². The second kappa shape index (κ2) is 6.82. The minimum Gasteiger partial charge on any atom is -0.467 e. The van der Waals surface area contributed by atoms with E-state index >= 15 is 0 Å². The number of aromatic amines is 1. The number of aromatic nitrogens is 2. The van der Waals surface area contributed by atoms with E-state index in [0.29, 0.717) is 24.5 Å². The molecule has 2 aromatic heterocycles. The number of rotatable bonds is 4. The number of anilines is 1. The van der Waals surface area contributed by atoms with Crippen molar-refractivity contribution in [2.75, 3.05) is 11.9 Å². The van der Waals surface area contributed by atoms with Gasteiger partial charge >= 0.3 is 0 Å². The minimum absolute atomic E-state index is 0.0320. The number of carbonyl (C=O) groups is 2. The monoisotopic (exact) mass is 380 g/mol. The first-order valence-corrected chi connectivity index (χ1v) is 9.41. The summed E-state index contributed by atoms with van der Waals surface area (Å²) in [6.07, 6.45) is 1.80. The highest BCUT2D eigenvalue weighted by molar-refractivity contribution is 5.98. The average Bonchev–Trinajstić information content (AvgIpc) is 3.35. The molecule has 0 aliphatic carbocycles. The van der Waals surface area contributed by atoms with Crippen LogP contribution in [0.25, 0.3) is 11.0 Å². The highest BCUT2D eigenvalue weighted by Crippen LogP contribution is 2.26. The summed E-state index contributed by atoms with van der Waals surface area (Å²) in [5, 5.41) is 2.93. The Kier molecular flexibility index (Phi) is 4.45. The van der Waals surface area contributed by atoms with Crippen molar-refractivity contribution in [2.24, 2.45) is 5.92 Å². The van der Waals surface area contributed by atoms with Crippen LogP contribution >= 0.6 is 0 Å². The van der Waals surface area contributed by atoms with E-state index in [-0.39, 0.29) is 29.6 Å². The molecule has 3 heterocycles. The Bertz CT molecular complexity index is 1010. The second-order valence-corrected chi connectivity index (χ2v) is 8.31. The van der Waals surface area contributed by atoms with Crippen LogP contribution in [0, 0.1) is 5.92 Å². The van der Waals surface area contributed by atoms with Crippen LogP contribution in [-0.4, -0.2) is 33.2 Å². The van der Waals surface area contributed by atoms with Gasteiger partial charge in [0.05, 0.1) is 29.8 Å². The molecule has 1 aliphatic heterocycles. The topological polar surface area (TPSA) is 91.2 Å². The molecule has 3 aromatic rings. The lowest BCUT2D eigenvalue weighted by atomic mass is 9.96. The van der Waals surface area contributed by atoms with Crippen LogP contribution in [0.15, 0.2) is 41.0 Å². The molecule has 1 fully saturated rings. The standard InChI is InChI=1S/C21H24N4O3/c1-21(2,3)20-23-16-7-6-14(10-17(16)24-20)22-19(27)13-9-18(26)25(11-13)12-15-5-4-8-28-15/h4-8,10,13H,9,11-12H2,1-3H3,(H,22,27)(H,23,24)/t13-/m1/s1. The number of furan rings is 1. The van der Waals surface area contributed by atoms with Crippen molar-refractivity contribution in [3.05, 3.63) is 48.2 Å². The quantitative estimate of drug-likeness (QED) is 0.725. The predicted octanol–water partition coefficient (Wildman–Crippen LogP) is 3.44. The third-order valence-corrected chi connectivity index (χ3v) is 4.97. The number of hydrogen-bond donors (Lipinski definition) is 2. The van der Waals surface area contributed by atoms with Crippen LogP contribution in [0.2, 0.25) is 0 Å². The number of fused-ring (bicyclic) bond motifs is 1. The molecule has 2 amide bonds. The van der Waals surface area contributed by atoms with Crippen molar-refractivity contribution < 1.29 is 14.0 Å². The predicted molar refractivity (Wildman–Crippen MR) is 106 cm³/mol. The number of nitrogens with one attached hydrogen (secondary N) is 2. The van der Waals surface area contributed by atoms with Gasteiger partial charge in [0.1, 0.15) is 11.6 Å². The molecule has 1 aromatic carbocycles. The number of carbonyl (C=O) groups excluding carboxylic acids is 2. The summed E-state index contributed by atoms with van der Waals surface area (Å²) in [6, 6.07) is 9.22. The fourth-order valence-corrected chi connectivity index (χ4v) is 3.38. The first-order chi connectivity index (χ1) is 13.3. The molecule has 0 radical (unpaired) electrons. The van der Waals surface area contributed by atoms with E-state index in [9.17, 15) is 9.59 Å². The summed E-state index contributed by atoms with van der Waals surface area (Å²) < 4.78 is 5.30. The Balaban J connectivity index is 1.44. The SMILES string of the molecule is CC(C)(C)c1nc2ccc(NC(=O)[C@@H]3CC(=O)N(Cc4ccco4)C3)cc2[nH]1. The van der Waals surface area contributed by atoms with E-state index in [1.165, 1.54) is 0 Å². The molecule has 2 N–H and O–H groups in total. The fraction of sp³-hybridized carbons (Fsp3) is 0.381. The molecule has 0 bridgehead atoms. The molecule has 4 rings (SSSR count). The molecule has 28 heavy (non-hydrogen) atoms. The highest BCUT2D eigenvalue weighted by atomic mass is 16.3. The van der Waals surface area contributed by atoms with Gasteiger partial charge in [0.25, 0.3) is 0 Å². The van der Waals surface area contributed by atoms with Crippen LogP contribution in [0.5, 0.6) is 0 Å². The maximum Gasteiger partial charge on any atom is 0.229 e. The van der Waals surface area contributed by atoms with Gasteiger partial charge in [0.2, 0.25) is 11.8 Å². The van der Waals surface area contributed by atoms with Crippen molar-refractivity contribution in [1.82, 2.24) is 14.9 Å². The van der Waals surface area contributed by atoms with Crippen LogP contribution < -0.4 is 5.32 Å². The van der Waals surface area contributed by atoms with Gasteiger partial charge in [-0.3, -0.25) is 9.59 Å². The summed E-state index contributed by atoms with van der Waals surface area (Å²) >= 11 is 0. The number of benzene rings is 1. The molecule has 0 spiro atoms. The lowest BCUT2D eigenvalue weighted by Gasteiger charge is -2.15. The molecule has 146 valence electrons. The normalized spacial score (nSPS) is 17.5. The zero-order chi connectivity index (χ0) is 19.9. The Morgan fingerprint density at radius 3 is 2.89 bits per heavy atom. The van der Waals surface area contributed by atoms with Gasteiger partial charge in [-0.15, -0.1) is 0 Å². The molecule has 0 saturated carbocycles. The van der Waals surface area contributed by atoms with Gasteiger partial charge in [-0.2, -0.15) is 0 Å². The zero-order valence-electron chi connectivity index (χ0n) is 16.3. The van der Waals surface area contributed by atoms with E-state index < -0.39 is 0 Å². The molecule has 7 heteroatoms. The van der Waals surface area contributed by atoms with E-state index in [1.807, 2.05) is 24.3 Å². The number of imidazole rings is 1. The molecular formula is C21H24N4O3. The average molecular weight is 380 g/mol. The Hall–Kier alpha value is -3.09. The first kappa shape index (κ1) is 18.3. The Morgan fingerprint density at radius 2 is 2.18 bits per heavy atom. The lowest BCUT2D eigenvalue weighted by Crippen LogP contribution is -2.27. The van der Waals surface area contributed by atoms with Gasteiger partial charge in [-0.25, -0.2) is 4.98 Å². The Morgan fingerprint density at radius 1 is 1.36 bits per heavy atom. The second-order valence-electron chi connectivity index (χ2n) is 8.31. The zero-order valence-corrected chi connectivity index (χ0v) is 16.3. The molecule has 1 saturated heterocycles. The van der Waals surface area contributed by atoms with Crippen molar-refractivity contribution in [1.29, 1.82) is 0 Å². The highest BCUT2D eigenvalue weighted by Gasteiger charge is 2.34. The van der Waals surface area contributed by atoms with Gasteiger partial charge in [0.15, 0.2) is 0 Å². The van der Waals surface area contributed by atoms with Gasteiger partial charge in [-0.1, -0.05) is 20.8 Å². The van der Waals surface area contributed by atoms with Crippen molar-refractivity contribution >= 4 is 28.5 Å². The summed E-state index contributed by atoms with van der Waals surface area (Å²) in [5.74, 6) is 1.07. The fourth-order valence-electron chi connectivity index (χ4n) is 3.38. The number of nitrogens with zero attached hydrogens (tertiary/aromatic N) is 2. The summed E-state index contributed by atoms with van der Waals surface area (Å²) in [6.45, 7) is 7.08. The summed E-state index contributed by atoms with van der Waals surface area (Å²) in [4.78, 5) is 34.5. The van der Waals surface area contributed by atoms with E-state index in [4.69, 9.17) is 4.42 Å². The molecule has 1 aliphatic rings. The van der Waals surface area contributed by atoms with Crippen molar-refractivity contribution in [3.8, 4) is 0 Å². The number of amides is 2. The van der Waals surface area contributed by atoms with Crippen LogP contribution in [0.1, 0.15) is 38.8 Å². The van der Waals surface area contributed by atoms with Crippen LogP contribution in [0.3, 0.4) is 0 Å². The lowest BCUT2D eigenvalue weighted by molar-refractivity contribution is -0.128. The number of likely N-dealkylation sites (tertiary alicyclic amines) is 1. The summed E-state index contributed by atoms with van der Waals surface area (Å²) in [7, 11) is 0. The largest absolute Gasteiger partial charge is 0.467 e. The van der Waals surface area contributed by atoms with Crippen molar-refractivity contribution in [2.45, 2.75) is 39.2 Å². The molecular weight excluding hydrogens is 356 g/mol. The molecule has 0 unspecified atom stereocenters. The number of H-pyrrole nitrogens is 1. The van der Waals surface area contributed by atoms with Crippen molar-refractivity contribution in [3.63, 3.8) is 0 Å².